The first-order valence-electron chi connectivity index (χ1n) is 11.4. The van der Waals surface area contributed by atoms with Crippen LogP contribution in [-0.2, 0) is 21.5 Å². The standard InChI is InChI=1S/C26H21ClN4O4/c27-18-9-7-17(8-10-18)20-14-21(22-6-3-13-35-22)31(29-20)23(32)15-30-24(33)26(28-25(30)34)12-11-16-4-1-2-5-19(16)26/h1-10,13,21H,11-12,14-15H2,(H,28,34). The summed E-state index contributed by atoms with van der Waals surface area (Å²) in [5, 5.41) is 9.35. The fourth-order valence-corrected chi connectivity index (χ4v) is 5.33. The van der Waals surface area contributed by atoms with E-state index in [1.54, 1.807) is 24.3 Å². The molecule has 0 radical (unpaired) electrons. The van der Waals surface area contributed by atoms with Crippen LogP contribution in [0, 0.1) is 0 Å². The Morgan fingerprint density at radius 3 is 2.69 bits per heavy atom. The van der Waals surface area contributed by atoms with E-state index in [4.69, 9.17) is 16.0 Å². The van der Waals surface area contributed by atoms with Crippen molar-refractivity contribution in [2.24, 2.45) is 5.10 Å². The lowest BCUT2D eigenvalue weighted by molar-refractivity contribution is -0.140. The van der Waals surface area contributed by atoms with Crippen molar-refractivity contribution in [3.8, 4) is 0 Å². The third-order valence-electron chi connectivity index (χ3n) is 6.93. The lowest BCUT2D eigenvalue weighted by Gasteiger charge is -2.24. The van der Waals surface area contributed by atoms with Gasteiger partial charge in [0.25, 0.3) is 11.8 Å². The van der Waals surface area contributed by atoms with Crippen molar-refractivity contribution in [1.82, 2.24) is 15.2 Å². The highest BCUT2D eigenvalue weighted by Gasteiger charge is 2.56. The van der Waals surface area contributed by atoms with E-state index in [2.05, 4.69) is 10.4 Å². The molecule has 8 nitrogen and oxygen atoms in total. The van der Waals surface area contributed by atoms with Gasteiger partial charge in [-0.1, -0.05) is 48.0 Å². The molecule has 0 saturated carbocycles. The number of hydrazone groups is 1. The summed E-state index contributed by atoms with van der Waals surface area (Å²) in [6.07, 6.45) is 3.12. The molecule has 176 valence electrons. The first-order valence-corrected chi connectivity index (χ1v) is 11.8. The zero-order valence-electron chi connectivity index (χ0n) is 18.6. The summed E-state index contributed by atoms with van der Waals surface area (Å²) in [6, 6.07) is 17.3. The molecule has 1 spiro atoms. The second-order valence-corrected chi connectivity index (χ2v) is 9.35. The maximum atomic E-state index is 13.5. The topological polar surface area (TPSA) is 95.2 Å². The van der Waals surface area contributed by atoms with Gasteiger partial charge in [-0.25, -0.2) is 9.80 Å². The lowest BCUT2D eigenvalue weighted by atomic mass is 9.92. The molecule has 1 aromatic heterocycles. The van der Waals surface area contributed by atoms with Gasteiger partial charge in [0.05, 0.1) is 12.0 Å². The Bertz CT molecular complexity index is 1370. The molecule has 1 fully saturated rings. The second-order valence-electron chi connectivity index (χ2n) is 8.91. The highest BCUT2D eigenvalue weighted by molar-refractivity contribution is 6.30. The van der Waals surface area contributed by atoms with Crippen molar-refractivity contribution in [2.45, 2.75) is 30.8 Å². The third-order valence-corrected chi connectivity index (χ3v) is 7.18. The number of hydrogen-bond acceptors (Lipinski definition) is 5. The number of fused-ring (bicyclic) bond motifs is 2. The first kappa shape index (κ1) is 21.6. The van der Waals surface area contributed by atoms with Gasteiger partial charge in [-0.3, -0.25) is 14.5 Å². The molecule has 6 rings (SSSR count). The van der Waals surface area contributed by atoms with E-state index < -0.39 is 36.0 Å². The van der Waals surface area contributed by atoms with Crippen LogP contribution in [0.2, 0.25) is 5.02 Å². The molecule has 9 heteroatoms. The van der Waals surface area contributed by atoms with Gasteiger partial charge in [-0.15, -0.1) is 0 Å². The van der Waals surface area contributed by atoms with Gasteiger partial charge in [0, 0.05) is 11.4 Å². The van der Waals surface area contributed by atoms with Gasteiger partial charge < -0.3 is 9.73 Å². The number of furan rings is 1. The lowest BCUT2D eigenvalue weighted by Crippen LogP contribution is -2.44. The van der Waals surface area contributed by atoms with Crippen LogP contribution in [0.25, 0.3) is 0 Å². The smallest absolute Gasteiger partial charge is 0.325 e. The molecule has 2 unspecified atom stereocenters. The summed E-state index contributed by atoms with van der Waals surface area (Å²) in [7, 11) is 0. The average Bonchev–Trinajstić information content (AvgIpc) is 3.64. The number of carbonyl (C=O) groups excluding carboxylic acids is 3. The van der Waals surface area contributed by atoms with Crippen molar-refractivity contribution < 1.29 is 18.8 Å². The summed E-state index contributed by atoms with van der Waals surface area (Å²) < 4.78 is 5.58. The Balaban J connectivity index is 1.28. The van der Waals surface area contributed by atoms with Gasteiger partial charge in [0.2, 0.25) is 0 Å². The molecule has 2 aromatic carbocycles. The molecule has 4 amide bonds. The van der Waals surface area contributed by atoms with E-state index in [0.29, 0.717) is 35.8 Å². The third kappa shape index (κ3) is 3.44. The maximum Gasteiger partial charge on any atom is 0.325 e. The van der Waals surface area contributed by atoms with E-state index in [1.807, 2.05) is 36.4 Å². The van der Waals surface area contributed by atoms with Crippen LogP contribution < -0.4 is 5.32 Å². The fraction of sp³-hybridized carbons (Fsp3) is 0.231. The van der Waals surface area contributed by atoms with Gasteiger partial charge in [0.15, 0.2) is 0 Å². The Kier molecular flexibility index (Phi) is 5.00. The average molecular weight is 489 g/mol. The summed E-state index contributed by atoms with van der Waals surface area (Å²) in [4.78, 5) is 40.8. The summed E-state index contributed by atoms with van der Waals surface area (Å²) in [6.45, 7) is -0.414. The SMILES string of the molecule is O=C1NC2(CCc3ccccc32)C(=O)N1CC(=O)N1N=C(c2ccc(Cl)cc2)CC1c1ccco1. The molecule has 35 heavy (non-hydrogen) atoms. The molecule has 3 aliphatic rings. The van der Waals surface area contributed by atoms with Gasteiger partial charge in [-0.2, -0.15) is 5.10 Å². The fourth-order valence-electron chi connectivity index (χ4n) is 5.20. The number of carbonyl (C=O) groups is 3. The van der Waals surface area contributed by atoms with E-state index in [9.17, 15) is 14.4 Å². The zero-order valence-corrected chi connectivity index (χ0v) is 19.4. The van der Waals surface area contributed by atoms with Crippen molar-refractivity contribution in [1.29, 1.82) is 0 Å². The van der Waals surface area contributed by atoms with Crippen molar-refractivity contribution >= 4 is 35.2 Å². The summed E-state index contributed by atoms with van der Waals surface area (Å²) >= 11 is 6.02. The molecule has 2 atom stereocenters. The highest BCUT2D eigenvalue weighted by atomic mass is 35.5. The Morgan fingerprint density at radius 2 is 1.91 bits per heavy atom. The van der Waals surface area contributed by atoms with Crippen LogP contribution in [0.4, 0.5) is 4.79 Å². The zero-order chi connectivity index (χ0) is 24.2. The minimum absolute atomic E-state index is 0.406. The van der Waals surface area contributed by atoms with Gasteiger partial charge >= 0.3 is 6.03 Å². The summed E-state index contributed by atoms with van der Waals surface area (Å²) in [5.74, 6) is -0.303. The Hall–Kier alpha value is -3.91. The number of nitrogens with zero attached hydrogens (tertiary/aromatic N) is 3. The molecule has 1 aliphatic carbocycles. The number of halogens is 1. The highest BCUT2D eigenvalue weighted by Crippen LogP contribution is 2.41. The van der Waals surface area contributed by atoms with Crippen LogP contribution >= 0.6 is 11.6 Å². The van der Waals surface area contributed by atoms with Gasteiger partial charge in [0.1, 0.15) is 23.9 Å². The first-order chi connectivity index (χ1) is 17.0. The Morgan fingerprint density at radius 1 is 1.11 bits per heavy atom. The number of urea groups is 1. The monoisotopic (exact) mass is 488 g/mol. The summed E-state index contributed by atoms with van der Waals surface area (Å²) in [5.41, 5.74) is 2.24. The largest absolute Gasteiger partial charge is 0.467 e. The van der Waals surface area contributed by atoms with E-state index in [-0.39, 0.29) is 0 Å². The van der Waals surface area contributed by atoms with E-state index in [1.165, 1.54) is 11.3 Å². The molecule has 2 aliphatic heterocycles. The van der Waals surface area contributed by atoms with Gasteiger partial charge in [-0.05, 0) is 53.8 Å². The quantitative estimate of drug-likeness (QED) is 0.561. The molecule has 1 saturated heterocycles. The van der Waals surface area contributed by atoms with Crippen LogP contribution in [-0.4, -0.2) is 40.0 Å². The number of rotatable bonds is 4. The predicted molar refractivity (Wildman–Crippen MR) is 128 cm³/mol. The van der Waals surface area contributed by atoms with E-state index in [0.717, 1.165) is 21.6 Å². The number of imide groups is 1. The van der Waals surface area contributed by atoms with Crippen molar-refractivity contribution in [3.63, 3.8) is 0 Å². The maximum absolute atomic E-state index is 13.5. The van der Waals surface area contributed by atoms with Crippen molar-refractivity contribution in [2.75, 3.05) is 6.54 Å². The second kappa shape index (κ2) is 8.09. The molecular formula is C26H21ClN4O4. The molecule has 0 bridgehead atoms. The number of aryl methyl sites for hydroxylation is 1. The van der Waals surface area contributed by atoms with Crippen LogP contribution in [0.3, 0.4) is 0 Å². The van der Waals surface area contributed by atoms with Crippen molar-refractivity contribution in [3.05, 3.63) is 94.4 Å². The van der Waals surface area contributed by atoms with Crippen LogP contribution in [0.1, 0.15) is 41.3 Å². The number of benzene rings is 2. The minimum atomic E-state index is -1.11. The van der Waals surface area contributed by atoms with Crippen LogP contribution in [0.15, 0.2) is 76.4 Å². The number of hydrogen-bond donors (Lipinski definition) is 1. The molecule has 3 aromatic rings. The van der Waals surface area contributed by atoms with Crippen LogP contribution in [0.5, 0.6) is 0 Å². The molecule has 3 heterocycles. The Labute approximate surface area is 206 Å². The minimum Gasteiger partial charge on any atom is -0.467 e. The predicted octanol–water partition coefficient (Wildman–Crippen LogP) is 4.00. The normalized spacial score (nSPS) is 23.1. The van der Waals surface area contributed by atoms with E-state index >= 15 is 0 Å². The molecular weight excluding hydrogens is 468 g/mol. The molecule has 1 N–H and O–H groups in total. The number of amides is 4. The number of nitrogens with one attached hydrogen (secondary N) is 1.